The van der Waals surface area contributed by atoms with Crippen LogP contribution in [-0.4, -0.2) is 56.4 Å². The number of hydrogen-bond donors (Lipinski definition) is 0. The molecule has 1 aliphatic heterocycles. The van der Waals surface area contributed by atoms with Crippen molar-refractivity contribution in [2.45, 2.75) is 44.8 Å². The average Bonchev–Trinajstić information content (AvgIpc) is 3.14. The summed E-state index contributed by atoms with van der Waals surface area (Å²) in [4.78, 5) is 25.1. The highest BCUT2D eigenvalue weighted by atomic mass is 16.2. The van der Waals surface area contributed by atoms with E-state index in [4.69, 9.17) is 0 Å². The molecule has 1 amide bonds. The van der Waals surface area contributed by atoms with Crippen LogP contribution in [-0.2, 0) is 17.9 Å². The van der Waals surface area contributed by atoms with Crippen LogP contribution in [0.25, 0.3) is 0 Å². The lowest BCUT2D eigenvalue weighted by atomic mass is 9.99. The third kappa shape index (κ3) is 5.13. The molecular formula is C19H27N5O. The van der Waals surface area contributed by atoms with E-state index in [1.165, 1.54) is 12.0 Å². The van der Waals surface area contributed by atoms with Gasteiger partial charge in [0.1, 0.15) is 0 Å². The molecular weight excluding hydrogens is 314 g/mol. The third-order valence-electron chi connectivity index (χ3n) is 4.83. The van der Waals surface area contributed by atoms with Gasteiger partial charge in [-0.3, -0.25) is 14.7 Å². The zero-order chi connectivity index (χ0) is 17.5. The van der Waals surface area contributed by atoms with Crippen LogP contribution in [0, 0.1) is 0 Å². The lowest BCUT2D eigenvalue weighted by molar-refractivity contribution is -0.136. The monoisotopic (exact) mass is 341 g/mol. The summed E-state index contributed by atoms with van der Waals surface area (Å²) >= 11 is 0. The summed E-state index contributed by atoms with van der Waals surface area (Å²) in [5.74, 6) is 0.242. The van der Waals surface area contributed by atoms with Gasteiger partial charge in [0.25, 0.3) is 0 Å². The molecule has 0 aliphatic carbocycles. The number of amides is 1. The van der Waals surface area contributed by atoms with E-state index in [2.05, 4.69) is 24.3 Å². The standard InChI is InChI=1S/C19H27N5O/c1-22(14-17-5-8-20-9-6-17)15-19(25)24-11-3-2-4-18(24)7-12-23-13-10-21-16-23/h5-6,8-10,13,16,18H,2-4,7,11-12,14-15H2,1H3/t18-/m0/s1. The Morgan fingerprint density at radius 2 is 2.08 bits per heavy atom. The molecule has 0 unspecified atom stereocenters. The van der Waals surface area contributed by atoms with Crippen molar-refractivity contribution >= 4 is 5.91 Å². The molecule has 0 aromatic carbocycles. The van der Waals surface area contributed by atoms with Crippen LogP contribution in [0.3, 0.4) is 0 Å². The fourth-order valence-electron chi connectivity index (χ4n) is 3.52. The molecule has 3 rings (SSSR count). The number of likely N-dealkylation sites (tertiary alicyclic amines) is 1. The predicted octanol–water partition coefficient (Wildman–Crippen LogP) is 2.18. The highest BCUT2D eigenvalue weighted by molar-refractivity contribution is 5.78. The Hall–Kier alpha value is -2.21. The summed E-state index contributed by atoms with van der Waals surface area (Å²) < 4.78 is 2.09. The number of carbonyl (C=O) groups is 1. The number of likely N-dealkylation sites (N-methyl/N-ethyl adjacent to an activating group) is 1. The van der Waals surface area contributed by atoms with Gasteiger partial charge >= 0.3 is 0 Å². The number of aromatic nitrogens is 3. The Bertz CT molecular complexity index is 643. The molecule has 0 spiro atoms. The zero-order valence-corrected chi connectivity index (χ0v) is 14.9. The Kier molecular flexibility index (Phi) is 6.17. The normalized spacial score (nSPS) is 17.8. The van der Waals surface area contributed by atoms with E-state index in [9.17, 15) is 4.79 Å². The van der Waals surface area contributed by atoms with Gasteiger partial charge in [-0.2, -0.15) is 0 Å². The summed E-state index contributed by atoms with van der Waals surface area (Å²) in [6.07, 6.45) is 13.6. The smallest absolute Gasteiger partial charge is 0.236 e. The first-order chi connectivity index (χ1) is 12.2. The number of aryl methyl sites for hydroxylation is 1. The maximum atomic E-state index is 12.8. The maximum Gasteiger partial charge on any atom is 0.236 e. The van der Waals surface area contributed by atoms with Gasteiger partial charge in [-0.1, -0.05) is 0 Å². The minimum atomic E-state index is 0.242. The molecule has 2 aromatic heterocycles. The van der Waals surface area contributed by atoms with Crippen molar-refractivity contribution in [1.82, 2.24) is 24.3 Å². The van der Waals surface area contributed by atoms with Gasteiger partial charge in [0, 0.05) is 50.5 Å². The van der Waals surface area contributed by atoms with Crippen molar-refractivity contribution < 1.29 is 4.79 Å². The molecule has 1 atom stereocenters. The number of rotatable bonds is 7. The molecule has 0 N–H and O–H groups in total. The van der Waals surface area contributed by atoms with Crippen LogP contribution < -0.4 is 0 Å². The second-order valence-electron chi connectivity index (χ2n) is 6.85. The number of hydrogen-bond acceptors (Lipinski definition) is 4. The Balaban J connectivity index is 1.52. The van der Waals surface area contributed by atoms with Gasteiger partial charge < -0.3 is 9.47 Å². The molecule has 1 aliphatic rings. The zero-order valence-electron chi connectivity index (χ0n) is 14.9. The van der Waals surface area contributed by atoms with E-state index in [0.29, 0.717) is 12.6 Å². The number of pyridine rings is 1. The fourth-order valence-corrected chi connectivity index (χ4v) is 3.52. The van der Waals surface area contributed by atoms with Crippen molar-refractivity contribution in [3.05, 3.63) is 48.8 Å². The van der Waals surface area contributed by atoms with Crippen LogP contribution >= 0.6 is 0 Å². The van der Waals surface area contributed by atoms with Crippen molar-refractivity contribution in [3.8, 4) is 0 Å². The molecule has 25 heavy (non-hydrogen) atoms. The van der Waals surface area contributed by atoms with Crippen molar-refractivity contribution in [1.29, 1.82) is 0 Å². The first kappa shape index (κ1) is 17.6. The van der Waals surface area contributed by atoms with Crippen molar-refractivity contribution in [2.75, 3.05) is 20.1 Å². The Morgan fingerprint density at radius 3 is 2.84 bits per heavy atom. The fraction of sp³-hybridized carbons (Fsp3) is 0.526. The van der Waals surface area contributed by atoms with Gasteiger partial charge in [-0.25, -0.2) is 4.98 Å². The summed E-state index contributed by atoms with van der Waals surface area (Å²) in [5.41, 5.74) is 1.18. The topological polar surface area (TPSA) is 54.3 Å². The molecule has 2 aromatic rings. The Morgan fingerprint density at radius 1 is 1.24 bits per heavy atom. The molecule has 0 bridgehead atoms. The number of carbonyl (C=O) groups excluding carboxylic acids is 1. The van der Waals surface area contributed by atoms with Crippen LogP contribution in [0.4, 0.5) is 0 Å². The van der Waals surface area contributed by atoms with Gasteiger partial charge in [-0.15, -0.1) is 0 Å². The van der Waals surface area contributed by atoms with Gasteiger partial charge in [0.15, 0.2) is 0 Å². The number of nitrogens with zero attached hydrogens (tertiary/aromatic N) is 5. The van der Waals surface area contributed by atoms with E-state index in [1.807, 2.05) is 31.7 Å². The minimum absolute atomic E-state index is 0.242. The van der Waals surface area contributed by atoms with E-state index in [1.54, 1.807) is 18.6 Å². The van der Waals surface area contributed by atoms with Gasteiger partial charge in [0.2, 0.25) is 5.91 Å². The average molecular weight is 341 g/mol. The quantitative estimate of drug-likeness (QED) is 0.775. The van der Waals surface area contributed by atoms with Gasteiger partial charge in [0.05, 0.1) is 12.9 Å². The van der Waals surface area contributed by atoms with Crippen LogP contribution in [0.1, 0.15) is 31.2 Å². The summed E-state index contributed by atoms with van der Waals surface area (Å²) in [6.45, 7) is 3.03. The van der Waals surface area contributed by atoms with E-state index in [0.717, 1.165) is 38.9 Å². The lowest BCUT2D eigenvalue weighted by Gasteiger charge is -2.37. The molecule has 6 nitrogen and oxygen atoms in total. The van der Waals surface area contributed by atoms with Crippen molar-refractivity contribution in [3.63, 3.8) is 0 Å². The second kappa shape index (κ2) is 8.76. The minimum Gasteiger partial charge on any atom is -0.339 e. The first-order valence-corrected chi connectivity index (χ1v) is 9.05. The predicted molar refractivity (Wildman–Crippen MR) is 96.8 cm³/mol. The largest absolute Gasteiger partial charge is 0.339 e. The first-order valence-electron chi connectivity index (χ1n) is 9.05. The molecule has 1 saturated heterocycles. The van der Waals surface area contributed by atoms with E-state index in [-0.39, 0.29) is 5.91 Å². The molecule has 3 heterocycles. The van der Waals surface area contributed by atoms with E-state index >= 15 is 0 Å². The number of piperidine rings is 1. The molecule has 1 fully saturated rings. The van der Waals surface area contributed by atoms with Crippen LogP contribution in [0.15, 0.2) is 43.2 Å². The van der Waals surface area contributed by atoms with Gasteiger partial charge in [-0.05, 0) is 50.4 Å². The highest BCUT2D eigenvalue weighted by Crippen LogP contribution is 2.21. The summed E-state index contributed by atoms with van der Waals surface area (Å²) in [5, 5.41) is 0. The van der Waals surface area contributed by atoms with Crippen LogP contribution in [0.5, 0.6) is 0 Å². The second-order valence-corrected chi connectivity index (χ2v) is 6.85. The van der Waals surface area contributed by atoms with E-state index < -0.39 is 0 Å². The molecule has 134 valence electrons. The molecule has 0 radical (unpaired) electrons. The molecule has 6 heteroatoms. The van der Waals surface area contributed by atoms with Crippen LogP contribution in [0.2, 0.25) is 0 Å². The summed E-state index contributed by atoms with van der Waals surface area (Å²) in [7, 11) is 2.00. The summed E-state index contributed by atoms with van der Waals surface area (Å²) in [6, 6.07) is 4.34. The molecule has 0 saturated carbocycles. The SMILES string of the molecule is CN(CC(=O)N1CCCC[C@H]1CCn1ccnc1)Cc1ccncc1. The third-order valence-corrected chi connectivity index (χ3v) is 4.83. The lowest BCUT2D eigenvalue weighted by Crippen LogP contribution is -2.47. The Labute approximate surface area is 149 Å². The number of imidazole rings is 1. The highest BCUT2D eigenvalue weighted by Gasteiger charge is 2.26. The maximum absolute atomic E-state index is 12.8. The van der Waals surface area contributed by atoms with Crippen molar-refractivity contribution in [2.24, 2.45) is 0 Å².